The molecule has 5 nitrogen and oxygen atoms in total. The Morgan fingerprint density at radius 2 is 1.95 bits per heavy atom. The summed E-state index contributed by atoms with van der Waals surface area (Å²) in [6.45, 7) is 3.82. The monoisotopic (exact) mass is 274 g/mol. The molecule has 0 aromatic heterocycles. The summed E-state index contributed by atoms with van der Waals surface area (Å²) >= 11 is 0. The lowest BCUT2D eigenvalue weighted by atomic mass is 10.1. The molecule has 0 radical (unpaired) electrons. The van der Waals surface area contributed by atoms with Crippen molar-refractivity contribution in [3.05, 3.63) is 29.3 Å². The van der Waals surface area contributed by atoms with Crippen LogP contribution >= 0.6 is 0 Å². The maximum absolute atomic E-state index is 12.1. The van der Waals surface area contributed by atoms with Crippen LogP contribution < -0.4 is 4.90 Å². The summed E-state index contributed by atoms with van der Waals surface area (Å²) < 4.78 is 0. The van der Waals surface area contributed by atoms with Crippen LogP contribution in [-0.2, 0) is 11.2 Å². The standard InChI is InChI=1S/C15H18N2O3/c18-14-10-12-9-11(15(19)20)3-4-13(12)17(14)8-7-16-5-1-2-6-16/h3-4,9H,1-2,5-8,10H2,(H,19,20). The summed E-state index contributed by atoms with van der Waals surface area (Å²) in [6.07, 6.45) is 2.80. The van der Waals surface area contributed by atoms with Gasteiger partial charge in [-0.05, 0) is 49.7 Å². The van der Waals surface area contributed by atoms with Crippen LogP contribution in [0.25, 0.3) is 0 Å². The number of carbonyl (C=O) groups excluding carboxylic acids is 1. The molecule has 0 atom stereocenters. The Kier molecular flexibility index (Phi) is 3.44. The average molecular weight is 274 g/mol. The second-order valence-corrected chi connectivity index (χ2v) is 5.42. The van der Waals surface area contributed by atoms with E-state index in [9.17, 15) is 9.59 Å². The van der Waals surface area contributed by atoms with Crippen LogP contribution in [0.1, 0.15) is 28.8 Å². The van der Waals surface area contributed by atoms with Crippen molar-refractivity contribution in [1.82, 2.24) is 4.90 Å². The Hall–Kier alpha value is -1.88. The van der Waals surface area contributed by atoms with Crippen molar-refractivity contribution in [3.8, 4) is 0 Å². The zero-order valence-electron chi connectivity index (χ0n) is 11.3. The molecule has 0 saturated carbocycles. The molecule has 3 rings (SSSR count). The summed E-state index contributed by atoms with van der Waals surface area (Å²) in [5, 5.41) is 8.99. The van der Waals surface area contributed by atoms with E-state index < -0.39 is 5.97 Å². The van der Waals surface area contributed by atoms with E-state index in [0.29, 0.717) is 13.0 Å². The van der Waals surface area contributed by atoms with Crippen molar-refractivity contribution in [1.29, 1.82) is 0 Å². The second-order valence-electron chi connectivity index (χ2n) is 5.42. The third kappa shape index (κ3) is 2.41. The number of amides is 1. The molecular weight excluding hydrogens is 256 g/mol. The lowest BCUT2D eigenvalue weighted by Crippen LogP contribution is -2.35. The number of nitrogens with zero attached hydrogens (tertiary/aromatic N) is 2. The van der Waals surface area contributed by atoms with E-state index in [0.717, 1.165) is 30.9 Å². The van der Waals surface area contributed by atoms with E-state index in [4.69, 9.17) is 5.11 Å². The van der Waals surface area contributed by atoms with Gasteiger partial charge in [0.25, 0.3) is 0 Å². The number of carboxylic acid groups (broad SMARTS) is 1. The van der Waals surface area contributed by atoms with Gasteiger partial charge in [-0.3, -0.25) is 4.79 Å². The topological polar surface area (TPSA) is 60.9 Å². The molecule has 1 saturated heterocycles. The Morgan fingerprint density at radius 1 is 1.20 bits per heavy atom. The summed E-state index contributed by atoms with van der Waals surface area (Å²) in [6, 6.07) is 4.95. The van der Waals surface area contributed by atoms with Gasteiger partial charge in [0.15, 0.2) is 0 Å². The molecule has 0 unspecified atom stereocenters. The minimum absolute atomic E-state index is 0.0711. The largest absolute Gasteiger partial charge is 0.478 e. The highest BCUT2D eigenvalue weighted by atomic mass is 16.4. The highest BCUT2D eigenvalue weighted by Gasteiger charge is 2.28. The van der Waals surface area contributed by atoms with Gasteiger partial charge < -0.3 is 14.9 Å². The van der Waals surface area contributed by atoms with Gasteiger partial charge in [-0.25, -0.2) is 4.79 Å². The molecule has 1 aromatic carbocycles. The quantitative estimate of drug-likeness (QED) is 0.901. The molecule has 1 aromatic rings. The average Bonchev–Trinajstić information content (AvgIpc) is 3.02. The molecule has 2 aliphatic rings. The van der Waals surface area contributed by atoms with Crippen LogP contribution in [0.2, 0.25) is 0 Å². The predicted molar refractivity (Wildman–Crippen MR) is 75.1 cm³/mol. The molecule has 2 heterocycles. The number of aromatic carboxylic acids is 1. The van der Waals surface area contributed by atoms with E-state index in [-0.39, 0.29) is 11.5 Å². The first kappa shape index (κ1) is 13.1. The Balaban J connectivity index is 1.74. The number of hydrogen-bond acceptors (Lipinski definition) is 3. The predicted octanol–water partition coefficient (Wildman–Crippen LogP) is 1.37. The van der Waals surface area contributed by atoms with Gasteiger partial charge in [-0.15, -0.1) is 0 Å². The van der Waals surface area contributed by atoms with Crippen LogP contribution in [0, 0.1) is 0 Å². The van der Waals surface area contributed by atoms with Gasteiger partial charge in [0.1, 0.15) is 0 Å². The van der Waals surface area contributed by atoms with Crippen molar-refractivity contribution >= 4 is 17.6 Å². The molecule has 2 aliphatic heterocycles. The number of fused-ring (bicyclic) bond motifs is 1. The minimum Gasteiger partial charge on any atom is -0.478 e. The smallest absolute Gasteiger partial charge is 0.335 e. The van der Waals surface area contributed by atoms with Gasteiger partial charge in [0.05, 0.1) is 12.0 Å². The number of rotatable bonds is 4. The van der Waals surface area contributed by atoms with E-state index in [1.165, 1.54) is 12.8 Å². The Bertz CT molecular complexity index is 550. The third-order valence-electron chi connectivity index (χ3n) is 4.10. The zero-order valence-corrected chi connectivity index (χ0v) is 11.3. The number of anilines is 1. The van der Waals surface area contributed by atoms with E-state index in [1.54, 1.807) is 23.1 Å². The number of hydrogen-bond donors (Lipinski definition) is 1. The van der Waals surface area contributed by atoms with Crippen molar-refractivity contribution < 1.29 is 14.7 Å². The fraction of sp³-hybridized carbons (Fsp3) is 0.467. The maximum Gasteiger partial charge on any atom is 0.335 e. The van der Waals surface area contributed by atoms with Crippen molar-refractivity contribution in [2.75, 3.05) is 31.1 Å². The molecule has 1 fully saturated rings. The highest BCUT2D eigenvalue weighted by Crippen LogP contribution is 2.29. The molecule has 0 bridgehead atoms. The molecule has 106 valence electrons. The number of carboxylic acids is 1. The minimum atomic E-state index is -0.948. The van der Waals surface area contributed by atoms with E-state index in [2.05, 4.69) is 4.90 Å². The second kappa shape index (κ2) is 5.25. The van der Waals surface area contributed by atoms with Gasteiger partial charge in [0, 0.05) is 18.8 Å². The SMILES string of the molecule is O=C(O)c1ccc2c(c1)CC(=O)N2CCN1CCCC1. The fourth-order valence-electron chi connectivity index (χ4n) is 3.01. The van der Waals surface area contributed by atoms with Crippen LogP contribution in [0.4, 0.5) is 5.69 Å². The summed E-state index contributed by atoms with van der Waals surface area (Å²) in [7, 11) is 0. The summed E-state index contributed by atoms with van der Waals surface area (Å²) in [4.78, 5) is 27.2. The zero-order chi connectivity index (χ0) is 14.1. The molecule has 0 aliphatic carbocycles. The summed E-state index contributed by atoms with van der Waals surface area (Å²) in [5.74, 6) is -0.877. The van der Waals surface area contributed by atoms with Crippen LogP contribution in [0.3, 0.4) is 0 Å². The van der Waals surface area contributed by atoms with Gasteiger partial charge in [-0.2, -0.15) is 0 Å². The Morgan fingerprint density at radius 3 is 2.65 bits per heavy atom. The van der Waals surface area contributed by atoms with Crippen molar-refractivity contribution in [3.63, 3.8) is 0 Å². The molecule has 5 heteroatoms. The van der Waals surface area contributed by atoms with Crippen LogP contribution in [0.5, 0.6) is 0 Å². The lowest BCUT2D eigenvalue weighted by Gasteiger charge is -2.21. The Labute approximate surface area is 117 Å². The summed E-state index contributed by atoms with van der Waals surface area (Å²) in [5.41, 5.74) is 1.95. The van der Waals surface area contributed by atoms with Gasteiger partial charge in [-0.1, -0.05) is 0 Å². The van der Waals surface area contributed by atoms with E-state index in [1.807, 2.05) is 0 Å². The molecule has 0 spiro atoms. The first-order valence-corrected chi connectivity index (χ1v) is 7.04. The molecule has 1 amide bonds. The van der Waals surface area contributed by atoms with Gasteiger partial charge in [0.2, 0.25) is 5.91 Å². The third-order valence-corrected chi connectivity index (χ3v) is 4.10. The normalized spacial score (nSPS) is 18.6. The molecule has 20 heavy (non-hydrogen) atoms. The fourth-order valence-corrected chi connectivity index (χ4v) is 3.01. The van der Waals surface area contributed by atoms with Crippen molar-refractivity contribution in [2.24, 2.45) is 0 Å². The highest BCUT2D eigenvalue weighted by molar-refractivity contribution is 6.02. The maximum atomic E-state index is 12.1. The van der Waals surface area contributed by atoms with Crippen molar-refractivity contribution in [2.45, 2.75) is 19.3 Å². The van der Waals surface area contributed by atoms with E-state index >= 15 is 0 Å². The number of carbonyl (C=O) groups is 2. The van der Waals surface area contributed by atoms with Crippen LogP contribution in [-0.4, -0.2) is 48.1 Å². The number of likely N-dealkylation sites (tertiary alicyclic amines) is 1. The number of benzene rings is 1. The first-order valence-electron chi connectivity index (χ1n) is 7.04. The molecular formula is C15H18N2O3. The van der Waals surface area contributed by atoms with Gasteiger partial charge >= 0.3 is 5.97 Å². The van der Waals surface area contributed by atoms with Crippen LogP contribution in [0.15, 0.2) is 18.2 Å². The first-order chi connectivity index (χ1) is 9.65. The molecule has 1 N–H and O–H groups in total. The lowest BCUT2D eigenvalue weighted by molar-refractivity contribution is -0.117.